The minimum Gasteiger partial charge on any atom is -0.378 e. The monoisotopic (exact) mass is 388 g/mol. The highest BCUT2D eigenvalue weighted by atomic mass is 32.2. The van der Waals surface area contributed by atoms with Crippen LogP contribution in [0.3, 0.4) is 0 Å². The molecule has 138 valence electrons. The molecule has 0 saturated carbocycles. The molecule has 0 N–H and O–H groups in total. The van der Waals surface area contributed by atoms with Crippen molar-refractivity contribution in [3.8, 4) is 0 Å². The highest BCUT2D eigenvalue weighted by Gasteiger charge is 1.98. The van der Waals surface area contributed by atoms with E-state index in [1.165, 1.54) is 0 Å². The van der Waals surface area contributed by atoms with Gasteiger partial charge in [-0.2, -0.15) is 0 Å². The minimum atomic E-state index is 0.607. The average molecular weight is 389 g/mol. The third-order valence-electron chi connectivity index (χ3n) is 3.24. The van der Waals surface area contributed by atoms with E-state index >= 15 is 0 Å². The van der Waals surface area contributed by atoms with Crippen molar-refractivity contribution in [3.05, 3.63) is 60.9 Å². The van der Waals surface area contributed by atoms with Gasteiger partial charge < -0.3 is 9.47 Å². The van der Waals surface area contributed by atoms with Crippen molar-refractivity contribution >= 4 is 35.7 Å². The van der Waals surface area contributed by atoms with E-state index in [0.717, 1.165) is 32.9 Å². The van der Waals surface area contributed by atoms with Crippen molar-refractivity contribution in [2.45, 2.75) is 10.1 Å². The molecule has 0 fully saturated rings. The molecule has 4 nitrogen and oxygen atoms in total. The molecule has 0 atom stereocenters. The lowest BCUT2D eigenvalue weighted by Crippen LogP contribution is -2.08. The molecular formula is C20H24N2O2S2. The molecule has 2 aromatic rings. The number of hydrogen-bond donors (Lipinski definition) is 0. The fourth-order valence-corrected chi connectivity index (χ4v) is 3.49. The molecule has 0 spiro atoms. The van der Waals surface area contributed by atoms with Crippen molar-refractivity contribution in [2.24, 2.45) is 0 Å². The molecule has 2 rings (SSSR count). The SMILES string of the molecule is C=Cc1cccc(SCCOCCOCCSc2cccc(C=C)n2)n1. The van der Waals surface area contributed by atoms with Crippen molar-refractivity contribution in [3.63, 3.8) is 0 Å². The molecule has 0 radical (unpaired) electrons. The first-order chi connectivity index (χ1) is 12.8. The quantitative estimate of drug-likeness (QED) is 0.367. The van der Waals surface area contributed by atoms with Gasteiger partial charge in [-0.15, -0.1) is 23.5 Å². The van der Waals surface area contributed by atoms with Crippen molar-refractivity contribution in [2.75, 3.05) is 37.9 Å². The third kappa shape index (κ3) is 8.19. The standard InChI is InChI=1S/C20H24N2O2S2/c1-3-17-7-5-9-19(21-17)25-15-13-23-11-12-24-14-16-26-20-10-6-8-18(4-2)22-20/h3-10H,1-2,11-16H2. The van der Waals surface area contributed by atoms with Crippen LogP contribution in [0.4, 0.5) is 0 Å². The first-order valence-corrected chi connectivity index (χ1v) is 10.4. The lowest BCUT2D eigenvalue weighted by atomic mass is 10.3. The molecule has 2 aromatic heterocycles. The maximum Gasteiger partial charge on any atom is 0.0967 e. The molecule has 26 heavy (non-hydrogen) atoms. The van der Waals surface area contributed by atoms with Gasteiger partial charge in [-0.05, 0) is 36.4 Å². The second-order valence-electron chi connectivity index (χ2n) is 5.13. The summed E-state index contributed by atoms with van der Waals surface area (Å²) in [4.78, 5) is 8.89. The topological polar surface area (TPSA) is 44.2 Å². The van der Waals surface area contributed by atoms with E-state index in [-0.39, 0.29) is 0 Å². The number of nitrogens with zero attached hydrogens (tertiary/aromatic N) is 2. The number of ether oxygens (including phenoxy) is 2. The van der Waals surface area contributed by atoms with Crippen LogP contribution in [0.2, 0.25) is 0 Å². The maximum absolute atomic E-state index is 5.58. The summed E-state index contributed by atoms with van der Waals surface area (Å²) in [5, 5.41) is 1.99. The van der Waals surface area contributed by atoms with Crippen LogP contribution >= 0.6 is 23.5 Å². The first-order valence-electron chi connectivity index (χ1n) is 8.42. The second kappa shape index (κ2) is 12.7. The molecule has 0 amide bonds. The lowest BCUT2D eigenvalue weighted by molar-refractivity contribution is 0.0605. The number of hydrogen-bond acceptors (Lipinski definition) is 6. The van der Waals surface area contributed by atoms with E-state index in [4.69, 9.17) is 9.47 Å². The smallest absolute Gasteiger partial charge is 0.0967 e. The Bertz CT molecular complexity index is 636. The summed E-state index contributed by atoms with van der Waals surface area (Å²) >= 11 is 3.36. The summed E-state index contributed by atoms with van der Waals surface area (Å²) in [6, 6.07) is 11.9. The van der Waals surface area contributed by atoms with Crippen molar-refractivity contribution < 1.29 is 9.47 Å². The molecule has 0 saturated heterocycles. The van der Waals surface area contributed by atoms with Crippen LogP contribution in [0.15, 0.2) is 59.6 Å². The number of thioether (sulfide) groups is 2. The normalized spacial score (nSPS) is 10.6. The van der Waals surface area contributed by atoms with Crippen LogP contribution in [0, 0.1) is 0 Å². The Morgan fingerprint density at radius 1 is 0.731 bits per heavy atom. The Morgan fingerprint density at radius 3 is 1.62 bits per heavy atom. The van der Waals surface area contributed by atoms with Gasteiger partial charge in [0.15, 0.2) is 0 Å². The van der Waals surface area contributed by atoms with E-state index in [0.29, 0.717) is 26.4 Å². The van der Waals surface area contributed by atoms with E-state index in [2.05, 4.69) is 23.1 Å². The third-order valence-corrected chi connectivity index (χ3v) is 5.02. The van der Waals surface area contributed by atoms with Gasteiger partial charge in [0.05, 0.1) is 47.9 Å². The Balaban J connectivity index is 1.45. The van der Waals surface area contributed by atoms with Crippen LogP contribution in [0.5, 0.6) is 0 Å². The van der Waals surface area contributed by atoms with E-state index in [1.54, 1.807) is 35.7 Å². The zero-order valence-electron chi connectivity index (χ0n) is 14.8. The first kappa shape index (κ1) is 20.7. The van der Waals surface area contributed by atoms with Crippen LogP contribution in [-0.2, 0) is 9.47 Å². The minimum absolute atomic E-state index is 0.607. The van der Waals surface area contributed by atoms with Gasteiger partial charge in [-0.1, -0.05) is 25.3 Å². The molecule has 0 aliphatic carbocycles. The fraction of sp³-hybridized carbons (Fsp3) is 0.300. The van der Waals surface area contributed by atoms with E-state index in [1.807, 2.05) is 36.4 Å². The number of pyridine rings is 2. The van der Waals surface area contributed by atoms with Crippen LogP contribution < -0.4 is 0 Å². The van der Waals surface area contributed by atoms with Crippen LogP contribution in [0.25, 0.3) is 12.2 Å². The second-order valence-corrected chi connectivity index (χ2v) is 7.36. The van der Waals surface area contributed by atoms with Gasteiger partial charge in [0.25, 0.3) is 0 Å². The van der Waals surface area contributed by atoms with Gasteiger partial charge in [0.1, 0.15) is 0 Å². The highest BCUT2D eigenvalue weighted by molar-refractivity contribution is 7.99. The fourth-order valence-electron chi connectivity index (χ4n) is 1.98. The Labute approximate surface area is 164 Å². The van der Waals surface area contributed by atoms with Gasteiger partial charge in [-0.25, -0.2) is 9.97 Å². The highest BCUT2D eigenvalue weighted by Crippen LogP contribution is 2.16. The Kier molecular flexibility index (Phi) is 10.1. The zero-order valence-corrected chi connectivity index (χ0v) is 16.4. The maximum atomic E-state index is 5.58. The molecular weight excluding hydrogens is 364 g/mol. The van der Waals surface area contributed by atoms with E-state index < -0.39 is 0 Å². The van der Waals surface area contributed by atoms with Crippen molar-refractivity contribution in [1.82, 2.24) is 9.97 Å². The van der Waals surface area contributed by atoms with Gasteiger partial charge in [0, 0.05) is 11.5 Å². The molecule has 0 bridgehead atoms. The summed E-state index contributed by atoms with van der Waals surface area (Å²) in [7, 11) is 0. The Morgan fingerprint density at radius 2 is 1.19 bits per heavy atom. The largest absolute Gasteiger partial charge is 0.378 e. The molecule has 0 unspecified atom stereocenters. The Hall–Kier alpha value is -1.60. The number of rotatable bonds is 13. The lowest BCUT2D eigenvalue weighted by Gasteiger charge is -2.06. The van der Waals surface area contributed by atoms with Gasteiger partial charge in [0.2, 0.25) is 0 Å². The zero-order chi connectivity index (χ0) is 18.5. The van der Waals surface area contributed by atoms with Crippen LogP contribution in [-0.4, -0.2) is 47.9 Å². The molecule has 0 aliphatic rings. The van der Waals surface area contributed by atoms with Crippen molar-refractivity contribution in [1.29, 1.82) is 0 Å². The predicted molar refractivity (Wildman–Crippen MR) is 112 cm³/mol. The molecule has 6 heteroatoms. The van der Waals surface area contributed by atoms with Gasteiger partial charge in [-0.3, -0.25) is 0 Å². The summed E-state index contributed by atoms with van der Waals surface area (Å²) in [5.74, 6) is 1.74. The average Bonchev–Trinajstić information content (AvgIpc) is 2.69. The molecule has 0 aliphatic heterocycles. The number of aromatic nitrogens is 2. The predicted octanol–water partition coefficient (Wildman–Crippen LogP) is 4.68. The summed E-state index contributed by atoms with van der Waals surface area (Å²) < 4.78 is 11.2. The summed E-state index contributed by atoms with van der Waals surface area (Å²) in [5.41, 5.74) is 1.79. The molecule has 2 heterocycles. The summed E-state index contributed by atoms with van der Waals surface area (Å²) in [6.07, 6.45) is 3.50. The van der Waals surface area contributed by atoms with Crippen LogP contribution in [0.1, 0.15) is 11.4 Å². The summed E-state index contributed by atoms with van der Waals surface area (Å²) in [6.45, 7) is 10.0. The van der Waals surface area contributed by atoms with Gasteiger partial charge >= 0.3 is 0 Å². The molecule has 0 aromatic carbocycles. The van der Waals surface area contributed by atoms with E-state index in [9.17, 15) is 0 Å².